The van der Waals surface area contributed by atoms with Crippen LogP contribution in [-0.2, 0) is 4.79 Å². The Kier molecular flexibility index (Phi) is 5.95. The van der Waals surface area contributed by atoms with Crippen LogP contribution in [0.5, 0.6) is 5.75 Å². The second-order valence-electron chi connectivity index (χ2n) is 5.64. The number of rotatable bonds is 7. The third-order valence-corrected chi connectivity index (χ3v) is 3.53. The second-order valence-corrected chi connectivity index (χ2v) is 5.64. The molecule has 1 amide bonds. The van der Waals surface area contributed by atoms with Gasteiger partial charge in [-0.25, -0.2) is 0 Å². The number of amides is 1. The zero-order valence-corrected chi connectivity index (χ0v) is 13.8. The Balaban J connectivity index is 1.78. The number of aromatic carboxylic acids is 1. The van der Waals surface area contributed by atoms with Gasteiger partial charge in [-0.1, -0.05) is 24.3 Å². The van der Waals surface area contributed by atoms with Crippen LogP contribution in [0.2, 0.25) is 0 Å². The van der Waals surface area contributed by atoms with Crippen molar-refractivity contribution in [1.29, 1.82) is 0 Å². The molecule has 0 radical (unpaired) electrons. The van der Waals surface area contributed by atoms with Gasteiger partial charge in [0, 0.05) is 12.1 Å². The summed E-state index contributed by atoms with van der Waals surface area (Å²) in [4.78, 5) is 22.7. The SMILES string of the molecule is Cc1ccc(C)c(OCCCC(=O)Nc2cccc(C(=O)[O-])c2)c1. The maximum absolute atomic E-state index is 11.9. The second kappa shape index (κ2) is 8.15. The van der Waals surface area contributed by atoms with E-state index >= 15 is 0 Å². The normalized spacial score (nSPS) is 10.2. The predicted octanol–water partition coefficient (Wildman–Crippen LogP) is 2.46. The van der Waals surface area contributed by atoms with Crippen molar-refractivity contribution >= 4 is 17.6 Å². The van der Waals surface area contributed by atoms with Gasteiger partial charge in [-0.15, -0.1) is 0 Å². The number of ether oxygens (including phenoxy) is 1. The Morgan fingerprint density at radius 1 is 1.12 bits per heavy atom. The summed E-state index contributed by atoms with van der Waals surface area (Å²) in [7, 11) is 0. The van der Waals surface area contributed by atoms with Crippen LogP contribution in [0, 0.1) is 13.8 Å². The lowest BCUT2D eigenvalue weighted by molar-refractivity contribution is -0.255. The third-order valence-electron chi connectivity index (χ3n) is 3.53. The van der Waals surface area contributed by atoms with Crippen LogP contribution in [0.15, 0.2) is 42.5 Å². The van der Waals surface area contributed by atoms with Crippen LogP contribution in [0.1, 0.15) is 34.3 Å². The monoisotopic (exact) mass is 326 g/mol. The molecule has 0 unspecified atom stereocenters. The maximum Gasteiger partial charge on any atom is 0.224 e. The van der Waals surface area contributed by atoms with Crippen molar-refractivity contribution < 1.29 is 19.4 Å². The van der Waals surface area contributed by atoms with E-state index in [9.17, 15) is 14.7 Å². The lowest BCUT2D eigenvalue weighted by Gasteiger charge is -2.10. The molecule has 126 valence electrons. The van der Waals surface area contributed by atoms with E-state index < -0.39 is 5.97 Å². The molecule has 0 aliphatic carbocycles. The molecule has 0 saturated heterocycles. The van der Waals surface area contributed by atoms with Gasteiger partial charge in [-0.2, -0.15) is 0 Å². The third kappa shape index (κ3) is 5.12. The summed E-state index contributed by atoms with van der Waals surface area (Å²) in [6.07, 6.45) is 0.861. The van der Waals surface area contributed by atoms with Gasteiger partial charge in [0.25, 0.3) is 0 Å². The van der Waals surface area contributed by atoms with E-state index in [0.717, 1.165) is 16.9 Å². The minimum atomic E-state index is -1.27. The van der Waals surface area contributed by atoms with Crippen molar-refractivity contribution in [1.82, 2.24) is 0 Å². The number of anilines is 1. The molecule has 0 aliphatic heterocycles. The smallest absolute Gasteiger partial charge is 0.224 e. The molecule has 0 fully saturated rings. The summed E-state index contributed by atoms with van der Waals surface area (Å²) >= 11 is 0. The van der Waals surface area contributed by atoms with E-state index in [1.165, 1.54) is 12.1 Å². The van der Waals surface area contributed by atoms with Crippen molar-refractivity contribution in [3.63, 3.8) is 0 Å². The number of carboxylic acid groups (broad SMARTS) is 1. The molecule has 0 saturated carbocycles. The highest BCUT2D eigenvalue weighted by Crippen LogP contribution is 2.19. The summed E-state index contributed by atoms with van der Waals surface area (Å²) in [5.41, 5.74) is 2.66. The number of carbonyl (C=O) groups is 2. The minimum absolute atomic E-state index is 0.0334. The number of carbonyl (C=O) groups excluding carboxylic acids is 2. The van der Waals surface area contributed by atoms with Gasteiger partial charge in [-0.05, 0) is 55.2 Å². The molecule has 0 aromatic heterocycles. The zero-order valence-electron chi connectivity index (χ0n) is 13.8. The lowest BCUT2D eigenvalue weighted by Crippen LogP contribution is -2.22. The standard InChI is InChI=1S/C19H21NO4/c1-13-8-9-14(2)17(11-13)24-10-4-7-18(21)20-16-6-3-5-15(12-16)19(22)23/h3,5-6,8-9,11-12H,4,7,10H2,1-2H3,(H,20,21)(H,22,23)/p-1. The fourth-order valence-electron chi connectivity index (χ4n) is 2.23. The Bertz CT molecular complexity index is 740. The summed E-state index contributed by atoms with van der Waals surface area (Å²) in [6, 6.07) is 12.0. The van der Waals surface area contributed by atoms with Gasteiger partial charge in [0.05, 0.1) is 12.6 Å². The van der Waals surface area contributed by atoms with E-state index in [4.69, 9.17) is 4.74 Å². The van der Waals surface area contributed by atoms with Crippen molar-refractivity contribution in [3.8, 4) is 5.75 Å². The quantitative estimate of drug-likeness (QED) is 0.793. The fourth-order valence-corrected chi connectivity index (χ4v) is 2.23. The molecule has 0 heterocycles. The molecular weight excluding hydrogens is 306 g/mol. The van der Waals surface area contributed by atoms with Crippen LogP contribution in [0.4, 0.5) is 5.69 Å². The predicted molar refractivity (Wildman–Crippen MR) is 90.0 cm³/mol. The molecule has 0 bridgehead atoms. The van der Waals surface area contributed by atoms with Crippen LogP contribution in [-0.4, -0.2) is 18.5 Å². The Morgan fingerprint density at radius 2 is 1.92 bits per heavy atom. The van der Waals surface area contributed by atoms with E-state index in [1.54, 1.807) is 12.1 Å². The lowest BCUT2D eigenvalue weighted by atomic mass is 10.1. The molecule has 5 nitrogen and oxygen atoms in total. The van der Waals surface area contributed by atoms with Crippen molar-refractivity contribution in [3.05, 3.63) is 59.2 Å². The number of nitrogens with one attached hydrogen (secondary N) is 1. The van der Waals surface area contributed by atoms with Gasteiger partial charge in [0.15, 0.2) is 0 Å². The summed E-state index contributed by atoms with van der Waals surface area (Å²) in [6.45, 7) is 4.42. The molecular formula is C19H20NO4-. The molecule has 1 N–H and O–H groups in total. The van der Waals surface area contributed by atoms with Gasteiger partial charge in [0.1, 0.15) is 5.75 Å². The molecule has 2 aromatic rings. The summed E-state index contributed by atoms with van der Waals surface area (Å²) in [5.74, 6) is -0.625. The number of benzene rings is 2. The Morgan fingerprint density at radius 3 is 2.67 bits per heavy atom. The zero-order chi connectivity index (χ0) is 17.5. The van der Waals surface area contributed by atoms with E-state index in [2.05, 4.69) is 5.32 Å². The van der Waals surface area contributed by atoms with Crippen molar-refractivity contribution in [2.24, 2.45) is 0 Å². The first-order valence-electron chi connectivity index (χ1n) is 7.77. The molecule has 2 rings (SSSR count). The maximum atomic E-state index is 11.9. The first-order valence-corrected chi connectivity index (χ1v) is 7.77. The number of hydrogen-bond acceptors (Lipinski definition) is 4. The average Bonchev–Trinajstić information content (AvgIpc) is 2.55. The molecule has 0 atom stereocenters. The Labute approximate surface area is 141 Å². The van der Waals surface area contributed by atoms with Crippen LogP contribution in [0.25, 0.3) is 0 Å². The van der Waals surface area contributed by atoms with Gasteiger partial charge >= 0.3 is 0 Å². The van der Waals surface area contributed by atoms with E-state index in [1.807, 2.05) is 32.0 Å². The average molecular weight is 326 g/mol. The van der Waals surface area contributed by atoms with Gasteiger partial charge in [0.2, 0.25) is 5.91 Å². The van der Waals surface area contributed by atoms with Crippen molar-refractivity contribution in [2.45, 2.75) is 26.7 Å². The highest BCUT2D eigenvalue weighted by atomic mass is 16.5. The Hall–Kier alpha value is -2.82. The van der Waals surface area contributed by atoms with Gasteiger partial charge in [-0.3, -0.25) is 4.79 Å². The summed E-state index contributed by atoms with van der Waals surface area (Å²) in [5, 5.41) is 13.5. The van der Waals surface area contributed by atoms with Crippen LogP contribution in [0.3, 0.4) is 0 Å². The van der Waals surface area contributed by atoms with Crippen LogP contribution >= 0.6 is 0 Å². The first kappa shape index (κ1) is 17.5. The number of hydrogen-bond donors (Lipinski definition) is 1. The minimum Gasteiger partial charge on any atom is -0.545 e. The molecule has 0 spiro atoms. The fraction of sp³-hybridized carbons (Fsp3) is 0.263. The number of carboxylic acids is 1. The molecule has 0 aliphatic rings. The molecule has 2 aromatic carbocycles. The van der Waals surface area contributed by atoms with E-state index in [0.29, 0.717) is 25.1 Å². The number of aryl methyl sites for hydroxylation is 2. The molecule has 24 heavy (non-hydrogen) atoms. The first-order chi connectivity index (χ1) is 11.5. The van der Waals surface area contributed by atoms with Crippen LogP contribution < -0.4 is 15.2 Å². The largest absolute Gasteiger partial charge is 0.545 e. The highest BCUT2D eigenvalue weighted by molar-refractivity contribution is 5.93. The molecule has 5 heteroatoms. The van der Waals surface area contributed by atoms with Crippen molar-refractivity contribution in [2.75, 3.05) is 11.9 Å². The summed E-state index contributed by atoms with van der Waals surface area (Å²) < 4.78 is 5.70. The topological polar surface area (TPSA) is 78.5 Å². The van der Waals surface area contributed by atoms with E-state index in [-0.39, 0.29) is 11.5 Å². The highest BCUT2D eigenvalue weighted by Gasteiger charge is 2.05. The van der Waals surface area contributed by atoms with Gasteiger partial charge < -0.3 is 20.0 Å².